The first-order chi connectivity index (χ1) is 12.2. The van der Waals surface area contributed by atoms with Crippen LogP contribution in [0.1, 0.15) is 45.7 Å². The highest BCUT2D eigenvalue weighted by Gasteiger charge is 2.20. The maximum Gasteiger partial charge on any atom is 0.318 e. The topological polar surface area (TPSA) is 79.9 Å². The van der Waals surface area contributed by atoms with Gasteiger partial charge in [-0.3, -0.25) is 4.79 Å². The lowest BCUT2D eigenvalue weighted by molar-refractivity contribution is -0.122. The lowest BCUT2D eigenvalue weighted by Gasteiger charge is -2.25. The van der Waals surface area contributed by atoms with E-state index < -0.39 is 0 Å². The van der Waals surface area contributed by atoms with Crippen LogP contribution in [0, 0.1) is 0 Å². The first kappa shape index (κ1) is 19.9. The molecule has 0 bridgehead atoms. The van der Waals surface area contributed by atoms with Gasteiger partial charge in [0.15, 0.2) is 11.5 Å². The number of benzene rings is 1. The number of amides is 3. The van der Waals surface area contributed by atoms with Crippen molar-refractivity contribution < 1.29 is 19.1 Å². The summed E-state index contributed by atoms with van der Waals surface area (Å²) in [5.41, 5.74) is 0.584. The average Bonchev–Trinajstić information content (AvgIpc) is 2.77. The van der Waals surface area contributed by atoms with Crippen LogP contribution >= 0.6 is 0 Å². The highest BCUT2D eigenvalue weighted by molar-refractivity contribution is 5.84. The molecule has 1 aromatic carbocycles. The Hall–Kier alpha value is -2.44. The molecule has 2 rings (SSSR count). The molecular formula is C19H29N3O4. The molecule has 0 radical (unpaired) electrons. The number of carbonyl (C=O) groups excluding carboxylic acids is 2. The van der Waals surface area contributed by atoms with Crippen molar-refractivity contribution in [3.05, 3.63) is 23.8 Å². The van der Waals surface area contributed by atoms with E-state index in [0.29, 0.717) is 19.0 Å². The van der Waals surface area contributed by atoms with E-state index in [1.807, 2.05) is 45.9 Å². The monoisotopic (exact) mass is 363 g/mol. The van der Waals surface area contributed by atoms with Gasteiger partial charge in [-0.15, -0.1) is 0 Å². The first-order valence-electron chi connectivity index (χ1n) is 8.88. The van der Waals surface area contributed by atoms with Gasteiger partial charge in [-0.25, -0.2) is 4.79 Å². The molecule has 1 heterocycles. The zero-order valence-corrected chi connectivity index (χ0v) is 16.2. The number of ether oxygens (including phenoxy) is 2. The second-order valence-corrected chi connectivity index (χ2v) is 7.58. The van der Waals surface area contributed by atoms with Gasteiger partial charge in [-0.2, -0.15) is 0 Å². The molecule has 0 aliphatic carbocycles. The average molecular weight is 363 g/mol. The van der Waals surface area contributed by atoms with Crippen LogP contribution in [0.3, 0.4) is 0 Å². The Balaban J connectivity index is 1.94. The summed E-state index contributed by atoms with van der Waals surface area (Å²) in [7, 11) is 1.60. The third-order valence-corrected chi connectivity index (χ3v) is 3.85. The number of hydrogen-bond donors (Lipinski definition) is 2. The molecular weight excluding hydrogens is 334 g/mol. The van der Waals surface area contributed by atoms with Gasteiger partial charge in [0.2, 0.25) is 5.91 Å². The molecule has 0 saturated carbocycles. The smallest absolute Gasteiger partial charge is 0.318 e. The Labute approximate surface area is 155 Å². The van der Waals surface area contributed by atoms with E-state index in [9.17, 15) is 9.59 Å². The van der Waals surface area contributed by atoms with E-state index >= 15 is 0 Å². The van der Waals surface area contributed by atoms with Crippen LogP contribution in [0.5, 0.6) is 11.5 Å². The fourth-order valence-corrected chi connectivity index (χ4v) is 2.57. The lowest BCUT2D eigenvalue weighted by atomic mass is 10.1. The van der Waals surface area contributed by atoms with E-state index in [0.717, 1.165) is 17.7 Å². The summed E-state index contributed by atoms with van der Waals surface area (Å²) in [6, 6.07) is 5.11. The molecule has 0 saturated heterocycles. The molecule has 7 heteroatoms. The van der Waals surface area contributed by atoms with Gasteiger partial charge in [0, 0.05) is 19.0 Å². The maximum absolute atomic E-state index is 12.4. The number of carbonyl (C=O) groups is 2. The normalized spacial score (nSPS) is 14.8. The fourth-order valence-electron chi connectivity index (χ4n) is 2.57. The number of fused-ring (bicyclic) bond motifs is 1. The molecule has 1 aliphatic rings. The molecule has 0 unspecified atom stereocenters. The molecule has 1 atom stereocenters. The number of urea groups is 1. The summed E-state index contributed by atoms with van der Waals surface area (Å²) >= 11 is 0. The van der Waals surface area contributed by atoms with E-state index in [2.05, 4.69) is 10.6 Å². The van der Waals surface area contributed by atoms with Gasteiger partial charge in [-0.1, -0.05) is 6.07 Å². The molecule has 0 aromatic heterocycles. The molecule has 7 nitrogen and oxygen atoms in total. The second-order valence-electron chi connectivity index (χ2n) is 7.58. The van der Waals surface area contributed by atoms with Crippen LogP contribution in [-0.2, 0) is 4.79 Å². The van der Waals surface area contributed by atoms with Gasteiger partial charge in [0.25, 0.3) is 0 Å². The quantitative estimate of drug-likeness (QED) is 0.861. The van der Waals surface area contributed by atoms with Gasteiger partial charge < -0.3 is 25.0 Å². The minimum atomic E-state index is -0.328. The maximum atomic E-state index is 12.4. The third-order valence-electron chi connectivity index (χ3n) is 3.85. The van der Waals surface area contributed by atoms with Crippen molar-refractivity contribution in [3.63, 3.8) is 0 Å². The minimum absolute atomic E-state index is 0.00301. The van der Waals surface area contributed by atoms with Crippen molar-refractivity contribution in [2.45, 2.75) is 45.7 Å². The van der Waals surface area contributed by atoms with Crippen molar-refractivity contribution in [3.8, 4) is 11.5 Å². The Morgan fingerprint density at radius 2 is 1.85 bits per heavy atom. The van der Waals surface area contributed by atoms with Gasteiger partial charge >= 0.3 is 6.03 Å². The van der Waals surface area contributed by atoms with Crippen molar-refractivity contribution in [1.29, 1.82) is 0 Å². The molecule has 1 aromatic rings. The van der Waals surface area contributed by atoms with Crippen LogP contribution in [0.25, 0.3) is 0 Å². The predicted molar refractivity (Wildman–Crippen MR) is 99.5 cm³/mol. The molecule has 26 heavy (non-hydrogen) atoms. The number of rotatable bonds is 4. The fraction of sp³-hybridized carbons (Fsp3) is 0.579. The molecule has 144 valence electrons. The number of hydrogen-bond acceptors (Lipinski definition) is 4. The molecule has 0 spiro atoms. The number of likely N-dealkylation sites (N-methyl/N-ethyl adjacent to an activating group) is 1. The van der Waals surface area contributed by atoms with E-state index in [1.54, 1.807) is 7.05 Å². The third kappa shape index (κ3) is 5.82. The van der Waals surface area contributed by atoms with E-state index in [1.165, 1.54) is 4.90 Å². The summed E-state index contributed by atoms with van der Waals surface area (Å²) in [4.78, 5) is 25.7. The highest BCUT2D eigenvalue weighted by atomic mass is 16.5. The predicted octanol–water partition coefficient (Wildman–Crippen LogP) is 2.46. The van der Waals surface area contributed by atoms with Crippen LogP contribution in [0.2, 0.25) is 0 Å². The van der Waals surface area contributed by atoms with Gasteiger partial charge in [0.1, 0.15) is 6.54 Å². The summed E-state index contributed by atoms with van der Waals surface area (Å²) < 4.78 is 11.3. The van der Waals surface area contributed by atoms with Crippen molar-refractivity contribution in [2.24, 2.45) is 0 Å². The SMILES string of the molecule is C[C@@H](NC(=O)N(C)CC(=O)NC(C)(C)C)c1ccc2c(c1)OCCCO2. The molecule has 3 amide bonds. The minimum Gasteiger partial charge on any atom is -0.490 e. The first-order valence-corrected chi connectivity index (χ1v) is 8.88. The van der Waals surface area contributed by atoms with Crippen LogP contribution < -0.4 is 20.1 Å². The summed E-state index contributed by atoms with van der Waals surface area (Å²) in [6.45, 7) is 8.84. The summed E-state index contributed by atoms with van der Waals surface area (Å²) in [5, 5.41) is 5.74. The zero-order valence-electron chi connectivity index (χ0n) is 16.2. The van der Waals surface area contributed by atoms with Crippen LogP contribution in [-0.4, -0.2) is 49.2 Å². The zero-order chi connectivity index (χ0) is 19.3. The Morgan fingerprint density at radius 1 is 1.19 bits per heavy atom. The standard InChI is InChI=1S/C19H29N3O4/c1-13(14-7-8-15-16(11-14)26-10-6-9-25-15)20-18(24)22(5)12-17(23)21-19(2,3)4/h7-8,11,13H,6,9-10,12H2,1-5H3,(H,20,24)(H,21,23)/t13-/m1/s1. The van der Waals surface area contributed by atoms with E-state index in [4.69, 9.17) is 9.47 Å². The van der Waals surface area contributed by atoms with Gasteiger partial charge in [0.05, 0.1) is 19.3 Å². The highest BCUT2D eigenvalue weighted by Crippen LogP contribution is 2.32. The molecule has 1 aliphatic heterocycles. The molecule has 0 fully saturated rings. The summed E-state index contributed by atoms with van der Waals surface area (Å²) in [6.07, 6.45) is 0.845. The Bertz CT molecular complexity index is 655. The molecule has 2 N–H and O–H groups in total. The van der Waals surface area contributed by atoms with Crippen molar-refractivity contribution in [1.82, 2.24) is 15.5 Å². The van der Waals surface area contributed by atoms with Crippen LogP contribution in [0.15, 0.2) is 18.2 Å². The number of nitrogens with zero attached hydrogens (tertiary/aromatic N) is 1. The lowest BCUT2D eigenvalue weighted by Crippen LogP contribution is -2.48. The van der Waals surface area contributed by atoms with Crippen LogP contribution in [0.4, 0.5) is 4.79 Å². The van der Waals surface area contributed by atoms with Gasteiger partial charge in [-0.05, 0) is 45.4 Å². The van der Waals surface area contributed by atoms with E-state index in [-0.39, 0.29) is 30.1 Å². The Kier molecular flexibility index (Phi) is 6.34. The Morgan fingerprint density at radius 3 is 2.50 bits per heavy atom. The second kappa shape index (κ2) is 8.29. The van der Waals surface area contributed by atoms with Crippen molar-refractivity contribution in [2.75, 3.05) is 26.8 Å². The number of nitrogens with one attached hydrogen (secondary N) is 2. The van der Waals surface area contributed by atoms with Crippen molar-refractivity contribution >= 4 is 11.9 Å². The largest absolute Gasteiger partial charge is 0.490 e. The summed E-state index contributed by atoms with van der Waals surface area (Å²) in [5.74, 6) is 1.22.